The van der Waals surface area contributed by atoms with Gasteiger partial charge in [-0.05, 0) is 39.2 Å². The van der Waals surface area contributed by atoms with Gasteiger partial charge in [0.05, 0.1) is 19.8 Å². The summed E-state index contributed by atoms with van der Waals surface area (Å²) in [6.07, 6.45) is 7.20. The van der Waals surface area contributed by atoms with Crippen LogP contribution in [0.25, 0.3) is 0 Å². The van der Waals surface area contributed by atoms with Gasteiger partial charge in [0, 0.05) is 39.1 Å². The van der Waals surface area contributed by atoms with Crippen molar-refractivity contribution in [2.75, 3.05) is 45.9 Å². The van der Waals surface area contributed by atoms with E-state index in [9.17, 15) is 0 Å². The van der Waals surface area contributed by atoms with Crippen LogP contribution in [0.3, 0.4) is 0 Å². The molecule has 2 fully saturated rings. The van der Waals surface area contributed by atoms with Gasteiger partial charge in [-0.15, -0.1) is 10.2 Å². The third-order valence-electron chi connectivity index (χ3n) is 5.83. The lowest BCUT2D eigenvalue weighted by atomic mass is 9.97. The molecule has 0 aromatic carbocycles. The Morgan fingerprint density at radius 1 is 1.19 bits per heavy atom. The number of hydrogen-bond acceptors (Lipinski definition) is 5. The molecule has 0 radical (unpaired) electrons. The minimum atomic E-state index is 0.510. The zero-order valence-electron chi connectivity index (χ0n) is 16.8. The van der Waals surface area contributed by atoms with Crippen LogP contribution >= 0.6 is 0 Å². The van der Waals surface area contributed by atoms with E-state index < -0.39 is 0 Å². The van der Waals surface area contributed by atoms with Crippen molar-refractivity contribution < 1.29 is 4.74 Å². The Morgan fingerprint density at radius 2 is 2.00 bits per heavy atom. The van der Waals surface area contributed by atoms with E-state index in [0.717, 1.165) is 64.6 Å². The summed E-state index contributed by atoms with van der Waals surface area (Å²) in [6.45, 7) is 12.5. The van der Waals surface area contributed by atoms with E-state index in [0.29, 0.717) is 5.92 Å². The number of hydrogen-bond donors (Lipinski definition) is 0. The van der Waals surface area contributed by atoms with E-state index in [1.165, 1.54) is 30.8 Å². The van der Waals surface area contributed by atoms with Crippen molar-refractivity contribution in [1.82, 2.24) is 24.6 Å². The second-order valence-electron chi connectivity index (χ2n) is 7.75. The fourth-order valence-electron chi connectivity index (χ4n) is 3.94. The number of rotatable bonds is 7. The van der Waals surface area contributed by atoms with Crippen LogP contribution in [0, 0.1) is 0 Å². The Kier molecular flexibility index (Phi) is 7.23. The van der Waals surface area contributed by atoms with Gasteiger partial charge in [0.25, 0.3) is 0 Å². The first kappa shape index (κ1) is 19.5. The van der Waals surface area contributed by atoms with Crippen molar-refractivity contribution in [3.05, 3.63) is 23.3 Å². The average Bonchev–Trinajstić information content (AvgIpc) is 3.03. The summed E-state index contributed by atoms with van der Waals surface area (Å²) in [6, 6.07) is 0. The summed E-state index contributed by atoms with van der Waals surface area (Å²) in [4.78, 5) is 5.01. The first-order valence-corrected chi connectivity index (χ1v) is 10.2. The van der Waals surface area contributed by atoms with Gasteiger partial charge in [0.2, 0.25) is 0 Å². The lowest BCUT2D eigenvalue weighted by Crippen LogP contribution is -2.37. The molecule has 2 aliphatic rings. The summed E-state index contributed by atoms with van der Waals surface area (Å²) in [7, 11) is 2.14. The quantitative estimate of drug-likeness (QED) is 0.699. The number of likely N-dealkylation sites (tertiary alicyclic amines) is 1. The largest absolute Gasteiger partial charge is 0.379 e. The molecule has 0 spiro atoms. The van der Waals surface area contributed by atoms with Gasteiger partial charge in [-0.1, -0.05) is 18.6 Å². The topological polar surface area (TPSA) is 46.4 Å². The van der Waals surface area contributed by atoms with Gasteiger partial charge < -0.3 is 14.2 Å². The third kappa shape index (κ3) is 5.15. The summed E-state index contributed by atoms with van der Waals surface area (Å²) in [5, 5.41) is 9.09. The highest BCUT2D eigenvalue weighted by Gasteiger charge is 2.26. The van der Waals surface area contributed by atoms with E-state index in [1.807, 2.05) is 0 Å². The standard InChI is InChI=1S/C20H35N5O/c1-4-17(2)7-5-9-24-10-6-8-18(15-24)20-22-21-19(23(20)3)16-25-11-13-26-14-12-25/h7,18H,4-6,8-16H2,1-3H3. The maximum atomic E-state index is 5.44. The molecule has 6 heteroatoms. The minimum Gasteiger partial charge on any atom is -0.379 e. The Labute approximate surface area is 158 Å². The monoisotopic (exact) mass is 361 g/mol. The van der Waals surface area contributed by atoms with Crippen LogP contribution in [0.4, 0.5) is 0 Å². The van der Waals surface area contributed by atoms with Crippen LogP contribution in [0.1, 0.15) is 57.1 Å². The molecule has 0 bridgehead atoms. The highest BCUT2D eigenvalue weighted by Crippen LogP contribution is 2.26. The minimum absolute atomic E-state index is 0.510. The fraction of sp³-hybridized carbons (Fsp3) is 0.800. The van der Waals surface area contributed by atoms with Crippen LogP contribution in [0.15, 0.2) is 11.6 Å². The first-order chi connectivity index (χ1) is 12.7. The maximum Gasteiger partial charge on any atom is 0.146 e. The Morgan fingerprint density at radius 3 is 2.77 bits per heavy atom. The molecule has 3 heterocycles. The van der Waals surface area contributed by atoms with Crippen LogP contribution in [0.5, 0.6) is 0 Å². The van der Waals surface area contributed by atoms with Crippen molar-refractivity contribution >= 4 is 0 Å². The smallest absolute Gasteiger partial charge is 0.146 e. The summed E-state index contributed by atoms with van der Waals surface area (Å²) >= 11 is 0. The van der Waals surface area contributed by atoms with Crippen molar-refractivity contribution in [3.8, 4) is 0 Å². The van der Waals surface area contributed by atoms with E-state index in [1.54, 1.807) is 0 Å². The SMILES string of the molecule is CCC(C)=CCCN1CCCC(c2nnc(CN3CCOCC3)n2C)C1. The Hall–Kier alpha value is -1.24. The van der Waals surface area contributed by atoms with Gasteiger partial charge in [-0.25, -0.2) is 0 Å². The molecule has 0 saturated carbocycles. The molecule has 1 aromatic rings. The normalized spacial score (nSPS) is 23.5. The van der Waals surface area contributed by atoms with Gasteiger partial charge in [0.1, 0.15) is 11.6 Å². The van der Waals surface area contributed by atoms with Crippen LogP contribution in [-0.4, -0.2) is 70.5 Å². The predicted octanol–water partition coefficient (Wildman–Crippen LogP) is 2.57. The van der Waals surface area contributed by atoms with E-state index in [4.69, 9.17) is 4.74 Å². The zero-order valence-corrected chi connectivity index (χ0v) is 16.8. The average molecular weight is 362 g/mol. The molecule has 1 aromatic heterocycles. The molecule has 146 valence electrons. The zero-order chi connectivity index (χ0) is 18.4. The second kappa shape index (κ2) is 9.62. The van der Waals surface area contributed by atoms with Gasteiger partial charge in [-0.3, -0.25) is 4.90 Å². The number of morpholine rings is 1. The Balaban J connectivity index is 1.56. The van der Waals surface area contributed by atoms with E-state index in [-0.39, 0.29) is 0 Å². The lowest BCUT2D eigenvalue weighted by molar-refractivity contribution is 0.0326. The van der Waals surface area contributed by atoms with Gasteiger partial charge in [-0.2, -0.15) is 0 Å². The van der Waals surface area contributed by atoms with Crippen molar-refractivity contribution in [2.24, 2.45) is 7.05 Å². The number of ether oxygens (including phenoxy) is 1. The maximum absolute atomic E-state index is 5.44. The summed E-state index contributed by atoms with van der Waals surface area (Å²) < 4.78 is 7.68. The van der Waals surface area contributed by atoms with Crippen LogP contribution in [-0.2, 0) is 18.3 Å². The number of allylic oxidation sites excluding steroid dienone is 1. The van der Waals surface area contributed by atoms with Crippen LogP contribution < -0.4 is 0 Å². The van der Waals surface area contributed by atoms with Crippen LogP contribution in [0.2, 0.25) is 0 Å². The molecule has 0 amide bonds. The molecule has 0 N–H and O–H groups in total. The highest BCUT2D eigenvalue weighted by atomic mass is 16.5. The Bertz CT molecular complexity index is 591. The third-order valence-corrected chi connectivity index (χ3v) is 5.83. The van der Waals surface area contributed by atoms with Crippen molar-refractivity contribution in [3.63, 3.8) is 0 Å². The van der Waals surface area contributed by atoms with Crippen molar-refractivity contribution in [2.45, 2.75) is 52.0 Å². The molecular weight excluding hydrogens is 326 g/mol. The van der Waals surface area contributed by atoms with E-state index in [2.05, 4.69) is 51.5 Å². The summed E-state index contributed by atoms with van der Waals surface area (Å²) in [5.41, 5.74) is 1.50. The lowest BCUT2D eigenvalue weighted by Gasteiger charge is -2.32. The number of nitrogens with zero attached hydrogens (tertiary/aromatic N) is 5. The molecule has 2 saturated heterocycles. The van der Waals surface area contributed by atoms with Gasteiger partial charge >= 0.3 is 0 Å². The first-order valence-electron chi connectivity index (χ1n) is 10.2. The summed E-state index contributed by atoms with van der Waals surface area (Å²) in [5.74, 6) is 2.76. The number of aromatic nitrogens is 3. The highest BCUT2D eigenvalue weighted by molar-refractivity contribution is 5.04. The predicted molar refractivity (Wildman–Crippen MR) is 104 cm³/mol. The molecular formula is C20H35N5O. The molecule has 26 heavy (non-hydrogen) atoms. The molecule has 3 rings (SSSR count). The van der Waals surface area contributed by atoms with Crippen molar-refractivity contribution in [1.29, 1.82) is 0 Å². The molecule has 0 aliphatic carbocycles. The van der Waals surface area contributed by atoms with E-state index >= 15 is 0 Å². The molecule has 2 aliphatic heterocycles. The van der Waals surface area contributed by atoms with Gasteiger partial charge in [0.15, 0.2) is 0 Å². The number of piperidine rings is 1. The fourth-order valence-corrected chi connectivity index (χ4v) is 3.94. The molecule has 6 nitrogen and oxygen atoms in total. The molecule has 1 unspecified atom stereocenters. The second-order valence-corrected chi connectivity index (χ2v) is 7.75. The molecule has 1 atom stereocenters.